The second-order valence-corrected chi connectivity index (χ2v) is 8.70. The normalized spacial score (nSPS) is 25.2. The predicted octanol–water partition coefficient (Wildman–Crippen LogP) is 1.80. The highest BCUT2D eigenvalue weighted by molar-refractivity contribution is 6.02. The number of carbonyl (C=O) groups excluding carboxylic acids is 3. The van der Waals surface area contributed by atoms with Crippen molar-refractivity contribution in [1.82, 2.24) is 24.9 Å². The SMILES string of the molecule is CCN1C(=O)c2cc(C(=O)N3CCCCC3)nn2C[C@]1(C)C(=O)NC1CCCC1. The second-order valence-electron chi connectivity index (χ2n) is 8.70. The maximum atomic E-state index is 13.2. The average molecular weight is 402 g/mol. The molecule has 2 aliphatic heterocycles. The van der Waals surface area contributed by atoms with E-state index in [2.05, 4.69) is 10.4 Å². The second kappa shape index (κ2) is 7.80. The zero-order chi connectivity index (χ0) is 20.6. The molecule has 1 aromatic rings. The fourth-order valence-corrected chi connectivity index (χ4v) is 4.91. The topological polar surface area (TPSA) is 87.5 Å². The van der Waals surface area contributed by atoms with Crippen molar-refractivity contribution in [3.05, 3.63) is 17.5 Å². The minimum absolute atomic E-state index is 0.125. The van der Waals surface area contributed by atoms with Gasteiger partial charge in [-0.3, -0.25) is 19.1 Å². The number of hydrogen-bond acceptors (Lipinski definition) is 4. The molecule has 3 heterocycles. The molecule has 3 amide bonds. The Hall–Kier alpha value is -2.38. The molecule has 3 aliphatic rings. The standard InChI is InChI=1S/C21H31N5O3/c1-3-25-19(28)17-13-16(18(27)24-11-7-4-8-12-24)23-26(17)14-21(25,2)20(29)22-15-9-5-6-10-15/h13,15H,3-12,14H2,1-2H3,(H,22,29)/t21-/m1/s1. The first-order valence-electron chi connectivity index (χ1n) is 10.9. The fraction of sp³-hybridized carbons (Fsp3) is 0.714. The number of carbonyl (C=O) groups is 3. The third-order valence-electron chi connectivity index (χ3n) is 6.66. The predicted molar refractivity (Wildman–Crippen MR) is 107 cm³/mol. The number of hydrogen-bond donors (Lipinski definition) is 1. The molecule has 0 bridgehead atoms. The van der Waals surface area contributed by atoms with E-state index in [1.807, 2.05) is 11.8 Å². The number of amides is 3. The molecule has 8 nitrogen and oxygen atoms in total. The van der Waals surface area contributed by atoms with Crippen LogP contribution in [-0.2, 0) is 11.3 Å². The van der Waals surface area contributed by atoms with Crippen LogP contribution in [0.5, 0.6) is 0 Å². The van der Waals surface area contributed by atoms with Crippen LogP contribution >= 0.6 is 0 Å². The molecule has 2 fully saturated rings. The zero-order valence-electron chi connectivity index (χ0n) is 17.4. The Kier molecular flexibility index (Phi) is 5.36. The molecule has 1 saturated heterocycles. The number of fused-ring (bicyclic) bond motifs is 1. The van der Waals surface area contributed by atoms with Crippen LogP contribution in [0.15, 0.2) is 6.07 Å². The number of piperidine rings is 1. The molecule has 0 radical (unpaired) electrons. The lowest BCUT2D eigenvalue weighted by Crippen LogP contribution is -2.64. The molecule has 0 aromatic carbocycles. The molecule has 158 valence electrons. The highest BCUT2D eigenvalue weighted by Crippen LogP contribution is 2.29. The van der Waals surface area contributed by atoms with Crippen molar-refractivity contribution in [2.45, 2.75) is 76.9 Å². The summed E-state index contributed by atoms with van der Waals surface area (Å²) in [5.41, 5.74) is -0.330. The molecule has 0 spiro atoms. The first kappa shape index (κ1) is 19.9. The van der Waals surface area contributed by atoms with E-state index in [1.54, 1.807) is 22.6 Å². The van der Waals surface area contributed by atoms with E-state index in [9.17, 15) is 14.4 Å². The van der Waals surface area contributed by atoms with E-state index in [4.69, 9.17) is 0 Å². The van der Waals surface area contributed by atoms with Gasteiger partial charge in [-0.2, -0.15) is 5.10 Å². The third-order valence-corrected chi connectivity index (χ3v) is 6.66. The molecule has 1 atom stereocenters. The molecule has 1 saturated carbocycles. The van der Waals surface area contributed by atoms with E-state index in [0.717, 1.165) is 58.0 Å². The lowest BCUT2D eigenvalue weighted by Gasteiger charge is -2.43. The number of rotatable bonds is 4. The van der Waals surface area contributed by atoms with Gasteiger partial charge in [-0.25, -0.2) is 0 Å². The Bertz CT molecular complexity index is 807. The summed E-state index contributed by atoms with van der Waals surface area (Å²) in [6, 6.07) is 1.78. The first-order valence-corrected chi connectivity index (χ1v) is 10.9. The lowest BCUT2D eigenvalue weighted by molar-refractivity contribution is -0.133. The van der Waals surface area contributed by atoms with Gasteiger partial charge in [0.2, 0.25) is 5.91 Å². The zero-order valence-corrected chi connectivity index (χ0v) is 17.4. The van der Waals surface area contributed by atoms with E-state index < -0.39 is 5.54 Å². The van der Waals surface area contributed by atoms with E-state index >= 15 is 0 Å². The average Bonchev–Trinajstić information content (AvgIpc) is 3.38. The number of likely N-dealkylation sites (N-methyl/N-ethyl adjacent to an activating group) is 1. The summed E-state index contributed by atoms with van der Waals surface area (Å²) in [5.74, 6) is -0.503. The van der Waals surface area contributed by atoms with E-state index in [0.29, 0.717) is 17.9 Å². The molecular formula is C21H31N5O3. The quantitative estimate of drug-likeness (QED) is 0.833. The number of nitrogens with one attached hydrogen (secondary N) is 1. The van der Waals surface area contributed by atoms with Crippen molar-refractivity contribution in [3.63, 3.8) is 0 Å². The third kappa shape index (κ3) is 3.53. The maximum absolute atomic E-state index is 13.2. The summed E-state index contributed by atoms with van der Waals surface area (Å²) >= 11 is 0. The van der Waals surface area contributed by atoms with Gasteiger partial charge >= 0.3 is 0 Å². The van der Waals surface area contributed by atoms with Crippen LogP contribution in [0, 0.1) is 0 Å². The monoisotopic (exact) mass is 401 g/mol. The number of nitrogens with zero attached hydrogens (tertiary/aromatic N) is 4. The number of likely N-dealkylation sites (tertiary alicyclic amines) is 1. The van der Waals surface area contributed by atoms with Gasteiger partial charge in [-0.1, -0.05) is 12.8 Å². The highest BCUT2D eigenvalue weighted by atomic mass is 16.2. The van der Waals surface area contributed by atoms with Gasteiger partial charge in [0.05, 0.1) is 6.54 Å². The van der Waals surface area contributed by atoms with Crippen molar-refractivity contribution in [1.29, 1.82) is 0 Å². The van der Waals surface area contributed by atoms with Crippen LogP contribution in [0.1, 0.15) is 79.8 Å². The molecule has 1 N–H and O–H groups in total. The first-order chi connectivity index (χ1) is 13.9. The van der Waals surface area contributed by atoms with Gasteiger partial charge in [0.1, 0.15) is 11.2 Å². The highest BCUT2D eigenvalue weighted by Gasteiger charge is 2.48. The Morgan fingerprint density at radius 2 is 1.86 bits per heavy atom. The van der Waals surface area contributed by atoms with Gasteiger partial charge in [0, 0.05) is 31.7 Å². The smallest absolute Gasteiger partial charge is 0.274 e. The van der Waals surface area contributed by atoms with Gasteiger partial charge in [0.15, 0.2) is 5.69 Å². The minimum atomic E-state index is -1.01. The summed E-state index contributed by atoms with van der Waals surface area (Å²) in [6.07, 6.45) is 7.38. The Labute approximate surface area is 171 Å². The van der Waals surface area contributed by atoms with Crippen LogP contribution in [-0.4, -0.2) is 68.5 Å². The summed E-state index contributed by atoms with van der Waals surface area (Å²) in [4.78, 5) is 42.6. The maximum Gasteiger partial charge on any atom is 0.274 e. The molecule has 8 heteroatoms. The summed E-state index contributed by atoms with van der Waals surface area (Å²) in [5, 5.41) is 7.59. The largest absolute Gasteiger partial charge is 0.351 e. The van der Waals surface area contributed by atoms with Gasteiger partial charge in [-0.05, 0) is 46.0 Å². The van der Waals surface area contributed by atoms with E-state index in [-0.39, 0.29) is 30.3 Å². The molecule has 0 unspecified atom stereocenters. The van der Waals surface area contributed by atoms with Crippen molar-refractivity contribution in [2.24, 2.45) is 0 Å². The van der Waals surface area contributed by atoms with Crippen molar-refractivity contribution in [2.75, 3.05) is 19.6 Å². The Balaban J connectivity index is 1.59. The molecule has 4 rings (SSSR count). The Morgan fingerprint density at radius 3 is 2.52 bits per heavy atom. The van der Waals surface area contributed by atoms with Crippen LogP contribution in [0.2, 0.25) is 0 Å². The summed E-state index contributed by atoms with van der Waals surface area (Å²) < 4.78 is 1.56. The van der Waals surface area contributed by atoms with Crippen molar-refractivity contribution in [3.8, 4) is 0 Å². The van der Waals surface area contributed by atoms with Crippen molar-refractivity contribution < 1.29 is 14.4 Å². The van der Waals surface area contributed by atoms with Crippen LogP contribution in [0.4, 0.5) is 0 Å². The molecule has 1 aromatic heterocycles. The van der Waals surface area contributed by atoms with Crippen LogP contribution in [0.25, 0.3) is 0 Å². The van der Waals surface area contributed by atoms with Gasteiger partial charge in [-0.15, -0.1) is 0 Å². The minimum Gasteiger partial charge on any atom is -0.351 e. The number of aromatic nitrogens is 2. The Morgan fingerprint density at radius 1 is 1.17 bits per heavy atom. The van der Waals surface area contributed by atoms with Gasteiger partial charge in [0.25, 0.3) is 11.8 Å². The lowest BCUT2D eigenvalue weighted by atomic mass is 9.94. The summed E-state index contributed by atoms with van der Waals surface area (Å²) in [6.45, 7) is 5.83. The fourth-order valence-electron chi connectivity index (χ4n) is 4.91. The van der Waals surface area contributed by atoms with E-state index in [1.165, 1.54) is 0 Å². The molecule has 1 aliphatic carbocycles. The molecular weight excluding hydrogens is 370 g/mol. The van der Waals surface area contributed by atoms with Crippen molar-refractivity contribution >= 4 is 17.7 Å². The van der Waals surface area contributed by atoms with Gasteiger partial charge < -0.3 is 15.1 Å². The molecule has 29 heavy (non-hydrogen) atoms. The van der Waals surface area contributed by atoms with Crippen LogP contribution < -0.4 is 5.32 Å². The summed E-state index contributed by atoms with van der Waals surface area (Å²) in [7, 11) is 0. The van der Waals surface area contributed by atoms with Crippen LogP contribution in [0.3, 0.4) is 0 Å².